The minimum atomic E-state index is 0.529. The number of hydrogen-bond donors (Lipinski definition) is 1. The number of aryl methyl sites for hydroxylation is 1. The van der Waals surface area contributed by atoms with Gasteiger partial charge in [0.15, 0.2) is 0 Å². The highest BCUT2D eigenvalue weighted by Crippen LogP contribution is 2.37. The van der Waals surface area contributed by atoms with Crippen LogP contribution in [0.4, 0.5) is 0 Å². The predicted molar refractivity (Wildman–Crippen MR) is 91.9 cm³/mol. The summed E-state index contributed by atoms with van der Waals surface area (Å²) in [5.74, 6) is 0.552. The van der Waals surface area contributed by atoms with Gasteiger partial charge in [-0.05, 0) is 47.3 Å². The summed E-state index contributed by atoms with van der Waals surface area (Å²) in [7, 11) is 0. The van der Waals surface area contributed by atoms with Gasteiger partial charge in [0.1, 0.15) is 5.01 Å². The molecule has 3 rings (SSSR count). The Labute approximate surface area is 138 Å². The maximum atomic E-state index is 4.91. The largest absolute Gasteiger partial charge is 0.314 e. The lowest BCUT2D eigenvalue weighted by Crippen LogP contribution is -2.29. The highest BCUT2D eigenvalue weighted by molar-refractivity contribution is 9.10. The van der Waals surface area contributed by atoms with E-state index in [4.69, 9.17) is 4.98 Å². The molecule has 0 amide bonds. The molecule has 1 atom stereocenters. The molecule has 0 aliphatic heterocycles. The van der Waals surface area contributed by atoms with Crippen LogP contribution >= 0.6 is 27.3 Å². The molecule has 2 aromatic rings. The predicted octanol–water partition coefficient (Wildman–Crippen LogP) is 4.39. The lowest BCUT2D eigenvalue weighted by molar-refractivity contribution is 0.475. The Morgan fingerprint density at radius 1 is 1.43 bits per heavy atom. The number of halogens is 1. The van der Waals surface area contributed by atoms with E-state index < -0.39 is 0 Å². The van der Waals surface area contributed by atoms with Crippen LogP contribution in [0.25, 0.3) is 10.7 Å². The third kappa shape index (κ3) is 3.52. The summed E-state index contributed by atoms with van der Waals surface area (Å²) in [6.45, 7) is 5.42. The van der Waals surface area contributed by atoms with E-state index in [-0.39, 0.29) is 0 Å². The molecule has 0 saturated heterocycles. The molecular weight excluding hydrogens is 346 g/mol. The second kappa shape index (κ2) is 6.55. The summed E-state index contributed by atoms with van der Waals surface area (Å²) in [6, 6.07) is 4.60. The summed E-state index contributed by atoms with van der Waals surface area (Å²) in [4.78, 5) is 10.8. The monoisotopic (exact) mass is 365 g/mol. The van der Waals surface area contributed by atoms with Crippen LogP contribution in [-0.4, -0.2) is 22.6 Å². The molecule has 0 spiro atoms. The Kier molecular flexibility index (Phi) is 4.72. The molecule has 0 aromatic carbocycles. The molecular formula is C16H20BrN3S. The fourth-order valence-corrected chi connectivity index (χ4v) is 4.10. The molecule has 0 bridgehead atoms. The Morgan fingerprint density at radius 3 is 3.00 bits per heavy atom. The van der Waals surface area contributed by atoms with Crippen LogP contribution in [0.1, 0.15) is 43.2 Å². The van der Waals surface area contributed by atoms with Crippen molar-refractivity contribution in [2.75, 3.05) is 6.54 Å². The first-order valence-corrected chi connectivity index (χ1v) is 9.09. The molecule has 1 aliphatic carbocycles. The highest BCUT2D eigenvalue weighted by atomic mass is 79.9. The Hall–Kier alpha value is -0.780. The molecule has 21 heavy (non-hydrogen) atoms. The van der Waals surface area contributed by atoms with Crippen LogP contribution in [0.2, 0.25) is 0 Å². The number of aromatic nitrogens is 2. The van der Waals surface area contributed by atoms with Crippen molar-refractivity contribution in [1.29, 1.82) is 0 Å². The van der Waals surface area contributed by atoms with Gasteiger partial charge < -0.3 is 5.32 Å². The molecule has 1 N–H and O–H groups in total. The highest BCUT2D eigenvalue weighted by Gasteiger charge is 2.25. The van der Waals surface area contributed by atoms with Gasteiger partial charge in [-0.2, -0.15) is 0 Å². The number of rotatable bonds is 4. The van der Waals surface area contributed by atoms with E-state index in [9.17, 15) is 0 Å². The Balaban J connectivity index is 1.85. The fraction of sp³-hybridized carbons (Fsp3) is 0.500. The van der Waals surface area contributed by atoms with Gasteiger partial charge in [0.05, 0.1) is 11.4 Å². The van der Waals surface area contributed by atoms with Crippen molar-refractivity contribution < 1.29 is 0 Å². The van der Waals surface area contributed by atoms with Crippen molar-refractivity contribution in [1.82, 2.24) is 15.3 Å². The summed E-state index contributed by atoms with van der Waals surface area (Å²) in [5.41, 5.74) is 2.28. The maximum absolute atomic E-state index is 4.91. The van der Waals surface area contributed by atoms with Crippen molar-refractivity contribution in [2.45, 2.75) is 45.1 Å². The smallest absolute Gasteiger partial charge is 0.142 e. The van der Waals surface area contributed by atoms with Gasteiger partial charge in [-0.15, -0.1) is 11.3 Å². The lowest BCUT2D eigenvalue weighted by Gasteiger charge is -2.22. The average Bonchev–Trinajstić information content (AvgIpc) is 2.90. The van der Waals surface area contributed by atoms with Gasteiger partial charge in [0.25, 0.3) is 0 Å². The topological polar surface area (TPSA) is 37.8 Å². The fourth-order valence-electron chi connectivity index (χ4n) is 2.70. The number of nitrogens with one attached hydrogen (secondary N) is 1. The van der Waals surface area contributed by atoms with Gasteiger partial charge in [0.2, 0.25) is 0 Å². The van der Waals surface area contributed by atoms with E-state index in [1.807, 2.05) is 29.7 Å². The van der Waals surface area contributed by atoms with E-state index in [0.29, 0.717) is 12.0 Å². The molecule has 5 heteroatoms. The van der Waals surface area contributed by atoms with Gasteiger partial charge >= 0.3 is 0 Å². The van der Waals surface area contributed by atoms with Gasteiger partial charge in [-0.3, -0.25) is 4.98 Å². The van der Waals surface area contributed by atoms with Crippen molar-refractivity contribution >= 4 is 27.3 Å². The number of hydrogen-bond acceptors (Lipinski definition) is 4. The molecule has 0 saturated carbocycles. The van der Waals surface area contributed by atoms with Crippen LogP contribution in [0.15, 0.2) is 22.8 Å². The van der Waals surface area contributed by atoms with Crippen LogP contribution < -0.4 is 5.32 Å². The van der Waals surface area contributed by atoms with Crippen molar-refractivity contribution in [2.24, 2.45) is 0 Å². The standard InChI is InChI=1S/C16H20BrN3S/c1-10(2)18-8-11-4-3-5-14-15(11)20-16(21-14)13-7-6-12(17)9-19-13/h6-7,9-11,18H,3-5,8H2,1-2H3. The Bertz CT molecular complexity index is 606. The first-order chi connectivity index (χ1) is 10.1. The zero-order chi connectivity index (χ0) is 14.8. The van der Waals surface area contributed by atoms with Crippen molar-refractivity contribution in [3.63, 3.8) is 0 Å². The zero-order valence-corrected chi connectivity index (χ0v) is 14.8. The minimum absolute atomic E-state index is 0.529. The average molecular weight is 366 g/mol. The number of thiazole rings is 1. The van der Waals surface area contributed by atoms with Crippen molar-refractivity contribution in [3.8, 4) is 10.7 Å². The molecule has 1 unspecified atom stereocenters. The summed E-state index contributed by atoms with van der Waals surface area (Å²) >= 11 is 5.25. The molecule has 0 fully saturated rings. The first kappa shape index (κ1) is 15.1. The summed E-state index contributed by atoms with van der Waals surface area (Å²) < 4.78 is 1.01. The molecule has 1 aliphatic rings. The molecule has 3 nitrogen and oxygen atoms in total. The second-order valence-corrected chi connectivity index (χ2v) is 7.84. The van der Waals surface area contributed by atoms with Crippen molar-refractivity contribution in [3.05, 3.63) is 33.4 Å². The van der Waals surface area contributed by atoms with E-state index in [1.54, 1.807) is 0 Å². The van der Waals surface area contributed by atoms with Gasteiger partial charge in [-0.1, -0.05) is 13.8 Å². The lowest BCUT2D eigenvalue weighted by atomic mass is 9.91. The maximum Gasteiger partial charge on any atom is 0.142 e. The molecule has 0 radical (unpaired) electrons. The zero-order valence-electron chi connectivity index (χ0n) is 12.4. The first-order valence-electron chi connectivity index (χ1n) is 7.48. The van der Waals surface area contributed by atoms with E-state index in [2.05, 4.69) is 40.1 Å². The van der Waals surface area contributed by atoms with E-state index >= 15 is 0 Å². The van der Waals surface area contributed by atoms with Gasteiger partial charge in [-0.25, -0.2) is 4.98 Å². The quantitative estimate of drug-likeness (QED) is 0.872. The molecule has 2 aromatic heterocycles. The molecule has 2 heterocycles. The SMILES string of the molecule is CC(C)NCC1CCCc2sc(-c3ccc(Br)cn3)nc21. The van der Waals surface area contributed by atoms with Crippen LogP contribution in [0, 0.1) is 0 Å². The normalized spacial score (nSPS) is 18.0. The van der Waals surface area contributed by atoms with E-state index in [0.717, 1.165) is 21.7 Å². The van der Waals surface area contributed by atoms with Crippen LogP contribution in [-0.2, 0) is 6.42 Å². The Morgan fingerprint density at radius 2 is 2.29 bits per heavy atom. The second-order valence-electron chi connectivity index (χ2n) is 5.84. The van der Waals surface area contributed by atoms with Gasteiger partial charge in [0, 0.05) is 34.1 Å². The van der Waals surface area contributed by atoms with Crippen LogP contribution in [0.5, 0.6) is 0 Å². The van der Waals surface area contributed by atoms with Crippen LogP contribution in [0.3, 0.4) is 0 Å². The minimum Gasteiger partial charge on any atom is -0.314 e. The number of pyridine rings is 1. The third-order valence-electron chi connectivity index (χ3n) is 3.79. The number of fused-ring (bicyclic) bond motifs is 1. The number of nitrogens with zero attached hydrogens (tertiary/aromatic N) is 2. The van der Waals surface area contributed by atoms with E-state index in [1.165, 1.54) is 29.8 Å². The summed E-state index contributed by atoms with van der Waals surface area (Å²) in [5, 5.41) is 4.61. The third-order valence-corrected chi connectivity index (χ3v) is 5.41. The molecule has 112 valence electrons. The summed E-state index contributed by atoms with van der Waals surface area (Å²) in [6.07, 6.45) is 5.52.